The number of ether oxygens (including phenoxy) is 2. The molecule has 0 bridgehead atoms. The van der Waals surface area contributed by atoms with E-state index in [2.05, 4.69) is 14.8 Å². The lowest BCUT2D eigenvalue weighted by molar-refractivity contribution is -0.149. The first-order valence-corrected chi connectivity index (χ1v) is 8.92. The second-order valence-corrected chi connectivity index (χ2v) is 7.54. The van der Waals surface area contributed by atoms with Gasteiger partial charge in [0.05, 0.1) is 31.8 Å². The van der Waals surface area contributed by atoms with Crippen molar-refractivity contribution in [1.29, 1.82) is 0 Å². The molecule has 0 saturated carbocycles. The third-order valence-corrected chi connectivity index (χ3v) is 5.06. The summed E-state index contributed by atoms with van der Waals surface area (Å²) in [5.74, 6) is -1.90. The maximum Gasteiger partial charge on any atom is 0.494 e. The fraction of sp³-hybridized carbons (Fsp3) is 0.526. The number of carbonyl (C=O) groups is 3. The van der Waals surface area contributed by atoms with E-state index in [1.165, 1.54) is 14.2 Å². The zero-order valence-corrected chi connectivity index (χ0v) is 17.0. The average molecular weight is 391 g/mol. The SMILES string of the molecule is COC(=O)C[C@H](NC(=O)c1cccc(B2OC(C)(C)C(C)(C)O2)c1)C(=O)OC. The predicted octanol–water partition coefficient (Wildman–Crippen LogP) is 0.820. The molecule has 1 heterocycles. The summed E-state index contributed by atoms with van der Waals surface area (Å²) in [5, 5.41) is 2.50. The Labute approximate surface area is 165 Å². The number of hydrogen-bond acceptors (Lipinski definition) is 7. The van der Waals surface area contributed by atoms with Gasteiger partial charge in [0.15, 0.2) is 0 Å². The van der Waals surface area contributed by atoms with Crippen molar-refractivity contribution < 1.29 is 33.2 Å². The summed E-state index contributed by atoms with van der Waals surface area (Å²) in [7, 11) is 1.76. The van der Waals surface area contributed by atoms with Crippen molar-refractivity contribution in [3.05, 3.63) is 29.8 Å². The highest BCUT2D eigenvalue weighted by atomic mass is 16.7. The molecule has 0 unspecified atom stereocenters. The number of benzene rings is 1. The average Bonchev–Trinajstić information content (AvgIpc) is 2.87. The number of carbonyl (C=O) groups excluding carboxylic acids is 3. The zero-order chi connectivity index (χ0) is 21.1. The Morgan fingerprint density at radius 3 is 2.21 bits per heavy atom. The van der Waals surface area contributed by atoms with Crippen LogP contribution in [0.5, 0.6) is 0 Å². The van der Waals surface area contributed by atoms with E-state index in [0.29, 0.717) is 11.0 Å². The molecule has 1 amide bonds. The third-order valence-electron chi connectivity index (χ3n) is 5.06. The van der Waals surface area contributed by atoms with Crippen LogP contribution in [0.15, 0.2) is 24.3 Å². The number of rotatable bonds is 6. The van der Waals surface area contributed by atoms with Gasteiger partial charge in [0.25, 0.3) is 5.91 Å². The van der Waals surface area contributed by atoms with Crippen molar-refractivity contribution in [2.24, 2.45) is 0 Å². The monoisotopic (exact) mass is 391 g/mol. The Hall–Kier alpha value is -2.39. The van der Waals surface area contributed by atoms with Crippen molar-refractivity contribution in [2.45, 2.75) is 51.4 Å². The van der Waals surface area contributed by atoms with Crippen LogP contribution in [-0.4, -0.2) is 56.4 Å². The molecule has 1 aromatic carbocycles. The number of esters is 2. The van der Waals surface area contributed by atoms with Gasteiger partial charge in [0.2, 0.25) is 0 Å². The van der Waals surface area contributed by atoms with Gasteiger partial charge in [-0.05, 0) is 45.3 Å². The van der Waals surface area contributed by atoms with Crippen LogP contribution in [0.3, 0.4) is 0 Å². The first-order valence-electron chi connectivity index (χ1n) is 8.92. The van der Waals surface area contributed by atoms with Gasteiger partial charge >= 0.3 is 19.1 Å². The van der Waals surface area contributed by atoms with Crippen LogP contribution in [0.1, 0.15) is 44.5 Å². The van der Waals surface area contributed by atoms with Crippen LogP contribution in [0.25, 0.3) is 0 Å². The smallest absolute Gasteiger partial charge is 0.469 e. The summed E-state index contributed by atoms with van der Waals surface area (Å²) in [6.45, 7) is 7.77. The first-order chi connectivity index (χ1) is 13.0. The quantitative estimate of drug-likeness (QED) is 0.566. The van der Waals surface area contributed by atoms with Crippen LogP contribution in [0, 0.1) is 0 Å². The molecule has 9 heteroatoms. The summed E-state index contributed by atoms with van der Waals surface area (Å²) in [6.07, 6.45) is -0.328. The van der Waals surface area contributed by atoms with Gasteiger partial charge in [-0.25, -0.2) is 4.79 Å². The summed E-state index contributed by atoms with van der Waals surface area (Å²) < 4.78 is 21.2. The second kappa shape index (κ2) is 8.32. The van der Waals surface area contributed by atoms with Crippen molar-refractivity contribution >= 4 is 30.4 Å². The number of methoxy groups -OCH3 is 2. The van der Waals surface area contributed by atoms with Crippen molar-refractivity contribution in [3.63, 3.8) is 0 Å². The number of nitrogens with one attached hydrogen (secondary N) is 1. The highest BCUT2D eigenvalue weighted by Gasteiger charge is 2.51. The van der Waals surface area contributed by atoms with E-state index in [-0.39, 0.29) is 6.42 Å². The minimum atomic E-state index is -1.15. The summed E-state index contributed by atoms with van der Waals surface area (Å²) in [6, 6.07) is 5.57. The maximum atomic E-state index is 12.6. The molecule has 0 aliphatic carbocycles. The van der Waals surface area contributed by atoms with Gasteiger partial charge in [-0.15, -0.1) is 0 Å². The largest absolute Gasteiger partial charge is 0.494 e. The van der Waals surface area contributed by atoms with E-state index < -0.39 is 42.2 Å². The minimum absolute atomic E-state index is 0.297. The molecule has 152 valence electrons. The van der Waals surface area contributed by atoms with Crippen LogP contribution in [0.2, 0.25) is 0 Å². The van der Waals surface area contributed by atoms with E-state index in [1.807, 2.05) is 27.7 Å². The van der Waals surface area contributed by atoms with E-state index in [9.17, 15) is 14.4 Å². The molecule has 2 rings (SSSR count). The molecule has 1 saturated heterocycles. The van der Waals surface area contributed by atoms with Crippen LogP contribution in [0.4, 0.5) is 0 Å². The number of amides is 1. The molecule has 1 N–H and O–H groups in total. The van der Waals surface area contributed by atoms with Gasteiger partial charge in [0, 0.05) is 5.56 Å². The van der Waals surface area contributed by atoms with Crippen LogP contribution < -0.4 is 10.8 Å². The van der Waals surface area contributed by atoms with E-state index >= 15 is 0 Å². The minimum Gasteiger partial charge on any atom is -0.469 e. The van der Waals surface area contributed by atoms with Crippen LogP contribution in [-0.2, 0) is 28.4 Å². The van der Waals surface area contributed by atoms with Crippen molar-refractivity contribution in [2.75, 3.05) is 14.2 Å². The molecule has 1 aromatic rings. The molecule has 1 aliphatic heterocycles. The molecular weight excluding hydrogens is 365 g/mol. The third kappa shape index (κ3) is 4.71. The van der Waals surface area contributed by atoms with Crippen molar-refractivity contribution in [3.8, 4) is 0 Å². The normalized spacial score (nSPS) is 18.3. The highest BCUT2D eigenvalue weighted by molar-refractivity contribution is 6.62. The lowest BCUT2D eigenvalue weighted by Crippen LogP contribution is -2.43. The molecule has 1 atom stereocenters. The standard InChI is InChI=1S/C19H26BNO7/c1-18(2)19(3,4)28-20(27-18)13-9-7-8-12(10-13)16(23)21-14(17(24)26-6)11-15(22)25-5/h7-10,14H,11H2,1-6H3,(H,21,23)/t14-/m0/s1. The summed E-state index contributed by atoms with van der Waals surface area (Å²) >= 11 is 0. The molecule has 1 aliphatic rings. The summed E-state index contributed by atoms with van der Waals surface area (Å²) in [5.41, 5.74) is -0.0429. The maximum absolute atomic E-state index is 12.6. The predicted molar refractivity (Wildman–Crippen MR) is 102 cm³/mol. The lowest BCUT2D eigenvalue weighted by Gasteiger charge is -2.32. The summed E-state index contributed by atoms with van der Waals surface area (Å²) in [4.78, 5) is 36.0. The fourth-order valence-electron chi connectivity index (χ4n) is 2.63. The van der Waals surface area contributed by atoms with Gasteiger partial charge < -0.3 is 24.1 Å². The molecule has 28 heavy (non-hydrogen) atoms. The van der Waals surface area contributed by atoms with Crippen molar-refractivity contribution in [1.82, 2.24) is 5.32 Å². The van der Waals surface area contributed by atoms with Gasteiger partial charge in [0.1, 0.15) is 6.04 Å². The molecule has 0 spiro atoms. The molecule has 1 fully saturated rings. The van der Waals surface area contributed by atoms with E-state index in [4.69, 9.17) is 9.31 Å². The van der Waals surface area contributed by atoms with Gasteiger partial charge in [-0.3, -0.25) is 9.59 Å². The van der Waals surface area contributed by atoms with Gasteiger partial charge in [-0.2, -0.15) is 0 Å². The molecule has 0 radical (unpaired) electrons. The highest BCUT2D eigenvalue weighted by Crippen LogP contribution is 2.36. The Morgan fingerprint density at radius 1 is 1.07 bits per heavy atom. The Kier molecular flexibility index (Phi) is 6.51. The number of hydrogen-bond donors (Lipinski definition) is 1. The topological polar surface area (TPSA) is 100 Å². The molecule has 8 nitrogen and oxygen atoms in total. The molecular formula is C19H26BNO7. The lowest BCUT2D eigenvalue weighted by atomic mass is 9.78. The molecule has 0 aromatic heterocycles. The first kappa shape index (κ1) is 21.9. The van der Waals surface area contributed by atoms with E-state index in [0.717, 1.165) is 0 Å². The van der Waals surface area contributed by atoms with Gasteiger partial charge in [-0.1, -0.05) is 12.1 Å². The Balaban J connectivity index is 2.17. The second-order valence-electron chi connectivity index (χ2n) is 7.54. The zero-order valence-electron chi connectivity index (χ0n) is 17.0. The van der Waals surface area contributed by atoms with Crippen LogP contribution >= 0.6 is 0 Å². The fourth-order valence-corrected chi connectivity index (χ4v) is 2.63. The Morgan fingerprint density at radius 2 is 1.68 bits per heavy atom. The Bertz CT molecular complexity index is 746. The van der Waals surface area contributed by atoms with E-state index in [1.54, 1.807) is 24.3 Å².